The minimum atomic E-state index is -1.20. The van der Waals surface area contributed by atoms with E-state index >= 15 is 0 Å². The Hall–Kier alpha value is -2.43. The molecular formula is C15H16N2O3. The van der Waals surface area contributed by atoms with Crippen LogP contribution in [0.25, 0.3) is 0 Å². The first kappa shape index (κ1) is 14.0. The normalized spacial score (nSPS) is 10.6. The summed E-state index contributed by atoms with van der Waals surface area (Å²) >= 11 is 0. The first-order valence-electron chi connectivity index (χ1n) is 6.27. The van der Waals surface area contributed by atoms with E-state index in [9.17, 15) is 9.59 Å². The Morgan fingerprint density at radius 3 is 2.35 bits per heavy atom. The molecule has 0 aliphatic rings. The van der Waals surface area contributed by atoms with E-state index in [1.54, 1.807) is 0 Å². The summed E-state index contributed by atoms with van der Waals surface area (Å²) in [7, 11) is 0. The van der Waals surface area contributed by atoms with Crippen LogP contribution in [0.4, 0.5) is 0 Å². The van der Waals surface area contributed by atoms with Gasteiger partial charge in [0.15, 0.2) is 5.69 Å². The van der Waals surface area contributed by atoms with E-state index < -0.39 is 11.5 Å². The lowest BCUT2D eigenvalue weighted by atomic mass is 9.97. The van der Waals surface area contributed by atoms with Gasteiger partial charge in [-0.3, -0.25) is 4.79 Å². The number of carbonyl (C=O) groups is 1. The molecule has 104 valence electrons. The highest BCUT2D eigenvalue weighted by Crippen LogP contribution is 2.18. The van der Waals surface area contributed by atoms with Crippen molar-refractivity contribution in [3.8, 4) is 0 Å². The molecule has 0 fully saturated rings. The highest BCUT2D eigenvalue weighted by Gasteiger charge is 2.11. The van der Waals surface area contributed by atoms with Gasteiger partial charge in [-0.15, -0.1) is 0 Å². The van der Waals surface area contributed by atoms with E-state index in [0.29, 0.717) is 12.2 Å². The molecule has 0 saturated heterocycles. The van der Waals surface area contributed by atoms with Gasteiger partial charge in [-0.2, -0.15) is 0 Å². The molecule has 20 heavy (non-hydrogen) atoms. The number of aryl methyl sites for hydroxylation is 3. The van der Waals surface area contributed by atoms with Crippen molar-refractivity contribution in [1.29, 1.82) is 0 Å². The van der Waals surface area contributed by atoms with E-state index in [1.165, 1.54) is 5.56 Å². The number of hydrogen-bond acceptors (Lipinski definition) is 3. The van der Waals surface area contributed by atoms with Gasteiger partial charge in [-0.05, 0) is 37.5 Å². The Morgan fingerprint density at radius 1 is 1.20 bits per heavy atom. The second-order valence-corrected chi connectivity index (χ2v) is 4.94. The molecule has 0 bridgehead atoms. The molecule has 1 aromatic heterocycles. The van der Waals surface area contributed by atoms with Crippen LogP contribution in [0.15, 0.2) is 23.0 Å². The van der Waals surface area contributed by atoms with Crippen molar-refractivity contribution in [1.82, 2.24) is 9.97 Å². The van der Waals surface area contributed by atoms with Crippen molar-refractivity contribution >= 4 is 5.97 Å². The van der Waals surface area contributed by atoms with Gasteiger partial charge < -0.3 is 10.1 Å². The number of carboxylic acids is 1. The van der Waals surface area contributed by atoms with Gasteiger partial charge in [0.1, 0.15) is 5.82 Å². The van der Waals surface area contributed by atoms with Gasteiger partial charge in [0.25, 0.3) is 5.56 Å². The van der Waals surface area contributed by atoms with E-state index in [0.717, 1.165) is 22.8 Å². The zero-order valence-corrected chi connectivity index (χ0v) is 11.7. The first-order chi connectivity index (χ1) is 9.36. The molecule has 0 spiro atoms. The molecule has 0 aliphatic carbocycles. The Morgan fingerprint density at radius 2 is 1.80 bits per heavy atom. The maximum Gasteiger partial charge on any atom is 0.354 e. The van der Waals surface area contributed by atoms with E-state index in [4.69, 9.17) is 5.11 Å². The number of H-pyrrole nitrogens is 1. The summed E-state index contributed by atoms with van der Waals surface area (Å²) in [5.74, 6) is -0.834. The van der Waals surface area contributed by atoms with Crippen molar-refractivity contribution in [3.63, 3.8) is 0 Å². The Balaban J connectivity index is 2.45. The predicted molar refractivity (Wildman–Crippen MR) is 75.3 cm³/mol. The second kappa shape index (κ2) is 5.28. The molecule has 2 N–H and O–H groups in total. The molecule has 0 amide bonds. The average Bonchev–Trinajstić information content (AvgIpc) is 2.33. The fourth-order valence-corrected chi connectivity index (χ4v) is 2.36. The summed E-state index contributed by atoms with van der Waals surface area (Å²) in [5, 5.41) is 8.93. The number of carboxylic acid groups (broad SMARTS) is 1. The molecule has 2 rings (SSSR count). The highest BCUT2D eigenvalue weighted by molar-refractivity contribution is 5.85. The third kappa shape index (κ3) is 2.93. The van der Waals surface area contributed by atoms with Gasteiger partial charge in [0, 0.05) is 12.5 Å². The highest BCUT2D eigenvalue weighted by atomic mass is 16.4. The summed E-state index contributed by atoms with van der Waals surface area (Å²) in [6.45, 7) is 6.01. The third-order valence-electron chi connectivity index (χ3n) is 3.19. The predicted octanol–water partition coefficient (Wildman–Crippen LogP) is 1.98. The quantitative estimate of drug-likeness (QED) is 0.895. The molecule has 1 heterocycles. The van der Waals surface area contributed by atoms with Crippen LogP contribution >= 0.6 is 0 Å². The van der Waals surface area contributed by atoms with Gasteiger partial charge in [0.05, 0.1) is 0 Å². The summed E-state index contributed by atoms with van der Waals surface area (Å²) in [6.07, 6.45) is 0.411. The molecule has 0 radical (unpaired) electrons. The van der Waals surface area contributed by atoms with Gasteiger partial charge in [-0.1, -0.05) is 17.7 Å². The molecule has 2 aromatic rings. The van der Waals surface area contributed by atoms with Crippen LogP contribution in [0.3, 0.4) is 0 Å². The number of hydrogen-bond donors (Lipinski definition) is 2. The molecule has 0 saturated carbocycles. The maximum absolute atomic E-state index is 11.5. The summed E-state index contributed by atoms with van der Waals surface area (Å²) in [4.78, 5) is 29.0. The van der Waals surface area contributed by atoms with Crippen LogP contribution in [0.5, 0.6) is 0 Å². The summed E-state index contributed by atoms with van der Waals surface area (Å²) in [6, 6.07) is 5.10. The van der Waals surface area contributed by atoms with Crippen LogP contribution in [-0.4, -0.2) is 21.0 Å². The van der Waals surface area contributed by atoms with Crippen molar-refractivity contribution in [2.75, 3.05) is 0 Å². The molecule has 0 atom stereocenters. The molecule has 1 aromatic carbocycles. The van der Waals surface area contributed by atoms with Crippen molar-refractivity contribution in [3.05, 3.63) is 62.3 Å². The number of aromatic carboxylic acids is 1. The lowest BCUT2D eigenvalue weighted by Gasteiger charge is -2.11. The Kier molecular flexibility index (Phi) is 3.70. The monoisotopic (exact) mass is 272 g/mol. The number of nitrogens with one attached hydrogen (secondary N) is 1. The second-order valence-electron chi connectivity index (χ2n) is 4.94. The molecule has 0 aliphatic heterocycles. The topological polar surface area (TPSA) is 83.0 Å². The van der Waals surface area contributed by atoms with E-state index in [-0.39, 0.29) is 5.69 Å². The number of rotatable bonds is 3. The van der Waals surface area contributed by atoms with Crippen molar-refractivity contribution < 1.29 is 9.90 Å². The zero-order valence-electron chi connectivity index (χ0n) is 11.7. The van der Waals surface area contributed by atoms with E-state index in [1.807, 2.05) is 20.8 Å². The van der Waals surface area contributed by atoms with Crippen LogP contribution in [-0.2, 0) is 6.42 Å². The SMILES string of the molecule is Cc1cc(C)c(Cc2nc(C(=O)O)cc(=O)[nH]2)c(C)c1. The molecule has 5 nitrogen and oxygen atoms in total. The van der Waals surface area contributed by atoms with Gasteiger partial charge in [0.2, 0.25) is 0 Å². The van der Waals surface area contributed by atoms with Crippen LogP contribution < -0.4 is 5.56 Å². The third-order valence-corrected chi connectivity index (χ3v) is 3.19. The number of aromatic amines is 1. The first-order valence-corrected chi connectivity index (χ1v) is 6.27. The summed E-state index contributed by atoms with van der Waals surface area (Å²) < 4.78 is 0. The summed E-state index contributed by atoms with van der Waals surface area (Å²) in [5.41, 5.74) is 3.75. The molecule has 5 heteroatoms. The number of aromatic nitrogens is 2. The zero-order chi connectivity index (χ0) is 14.9. The Labute approximate surface area is 116 Å². The smallest absolute Gasteiger partial charge is 0.354 e. The maximum atomic E-state index is 11.5. The van der Waals surface area contributed by atoms with Crippen molar-refractivity contribution in [2.24, 2.45) is 0 Å². The Bertz CT molecular complexity index is 709. The van der Waals surface area contributed by atoms with Crippen LogP contribution in [0.2, 0.25) is 0 Å². The fourth-order valence-electron chi connectivity index (χ4n) is 2.36. The number of benzene rings is 1. The van der Waals surface area contributed by atoms with Crippen LogP contribution in [0.1, 0.15) is 38.6 Å². The largest absolute Gasteiger partial charge is 0.477 e. The molecule has 0 unspecified atom stereocenters. The molecular weight excluding hydrogens is 256 g/mol. The standard InChI is InChI=1S/C15H16N2O3/c1-8-4-9(2)11(10(3)5-8)6-13-16-12(15(19)20)7-14(18)17-13/h4-5,7H,6H2,1-3H3,(H,19,20)(H,16,17,18). The minimum absolute atomic E-state index is 0.230. The van der Waals surface area contributed by atoms with Crippen molar-refractivity contribution in [2.45, 2.75) is 27.2 Å². The number of nitrogens with zero attached hydrogens (tertiary/aromatic N) is 1. The fraction of sp³-hybridized carbons (Fsp3) is 0.267. The lowest BCUT2D eigenvalue weighted by molar-refractivity contribution is 0.0689. The van der Waals surface area contributed by atoms with E-state index in [2.05, 4.69) is 22.1 Å². The van der Waals surface area contributed by atoms with Gasteiger partial charge in [-0.25, -0.2) is 9.78 Å². The van der Waals surface area contributed by atoms with Gasteiger partial charge >= 0.3 is 5.97 Å². The van der Waals surface area contributed by atoms with Crippen LogP contribution in [0, 0.1) is 20.8 Å². The minimum Gasteiger partial charge on any atom is -0.477 e. The lowest BCUT2D eigenvalue weighted by Crippen LogP contribution is -2.16. The average molecular weight is 272 g/mol.